The van der Waals surface area contributed by atoms with E-state index in [0.29, 0.717) is 5.56 Å². The lowest BCUT2D eigenvalue weighted by molar-refractivity contribution is 0.100. The van der Waals surface area contributed by atoms with E-state index >= 15 is 0 Å². The number of rotatable bonds is 3. The number of hydrogen-bond acceptors (Lipinski definition) is 3. The Morgan fingerprint density at radius 1 is 1.33 bits per heavy atom. The summed E-state index contributed by atoms with van der Waals surface area (Å²) < 4.78 is 1.66. The smallest absolute Gasteiger partial charge is 0.178 e. The molecule has 4 heteroatoms. The number of para-hydroxylation sites is 1. The van der Waals surface area contributed by atoms with E-state index in [9.17, 15) is 4.79 Å². The minimum atomic E-state index is -0.0823. The van der Waals surface area contributed by atoms with E-state index in [1.165, 1.54) is 0 Å². The third-order valence-electron chi connectivity index (χ3n) is 2.14. The van der Waals surface area contributed by atoms with Gasteiger partial charge in [0.15, 0.2) is 5.78 Å². The number of nitrogens with two attached hydrogens (primary N) is 1. The Bertz CT molecular complexity index is 462. The molecule has 0 fully saturated rings. The molecule has 0 amide bonds. The minimum Gasteiger partial charge on any atom is -0.324 e. The second-order valence-corrected chi connectivity index (χ2v) is 3.10. The zero-order valence-electron chi connectivity index (χ0n) is 8.13. The maximum Gasteiger partial charge on any atom is 0.178 e. The maximum absolute atomic E-state index is 11.6. The predicted octanol–water partition coefficient (Wildman–Crippen LogP) is 1.01. The van der Waals surface area contributed by atoms with Gasteiger partial charge >= 0.3 is 0 Å². The van der Waals surface area contributed by atoms with E-state index in [1.807, 2.05) is 24.3 Å². The summed E-state index contributed by atoms with van der Waals surface area (Å²) in [6.45, 7) is 0.0122. The number of Topliss-reactive ketones (excluding diaryl/α,β-unsaturated/α-hetero) is 1. The van der Waals surface area contributed by atoms with E-state index in [0.717, 1.165) is 5.69 Å². The molecule has 4 nitrogen and oxygen atoms in total. The van der Waals surface area contributed by atoms with Gasteiger partial charge in [0, 0.05) is 18.0 Å². The third-order valence-corrected chi connectivity index (χ3v) is 2.14. The van der Waals surface area contributed by atoms with Gasteiger partial charge in [-0.2, -0.15) is 5.10 Å². The molecule has 0 aliphatic heterocycles. The van der Waals surface area contributed by atoms with Crippen LogP contribution in [0.4, 0.5) is 0 Å². The zero-order valence-corrected chi connectivity index (χ0v) is 8.13. The zero-order chi connectivity index (χ0) is 10.7. The number of benzene rings is 1. The molecule has 1 aromatic heterocycles. The van der Waals surface area contributed by atoms with Gasteiger partial charge in [0.05, 0.1) is 12.2 Å². The summed E-state index contributed by atoms with van der Waals surface area (Å²) in [6.07, 6.45) is 3.46. The van der Waals surface area contributed by atoms with Crippen LogP contribution in [-0.4, -0.2) is 22.1 Å². The van der Waals surface area contributed by atoms with Gasteiger partial charge in [-0.1, -0.05) is 12.1 Å². The molecule has 0 saturated carbocycles. The first-order valence-electron chi connectivity index (χ1n) is 4.65. The van der Waals surface area contributed by atoms with Gasteiger partial charge in [0.2, 0.25) is 0 Å². The van der Waals surface area contributed by atoms with Crippen molar-refractivity contribution < 1.29 is 4.79 Å². The molecule has 2 aromatic rings. The fourth-order valence-corrected chi connectivity index (χ4v) is 1.43. The van der Waals surface area contributed by atoms with Crippen molar-refractivity contribution in [1.29, 1.82) is 0 Å². The fourth-order valence-electron chi connectivity index (χ4n) is 1.43. The maximum atomic E-state index is 11.6. The highest BCUT2D eigenvalue weighted by Gasteiger charge is 2.10. The normalized spacial score (nSPS) is 10.2. The van der Waals surface area contributed by atoms with E-state index in [1.54, 1.807) is 23.1 Å². The van der Waals surface area contributed by atoms with Gasteiger partial charge < -0.3 is 5.73 Å². The molecule has 0 spiro atoms. The van der Waals surface area contributed by atoms with Crippen molar-refractivity contribution >= 4 is 5.78 Å². The van der Waals surface area contributed by atoms with Gasteiger partial charge in [-0.05, 0) is 18.2 Å². The summed E-state index contributed by atoms with van der Waals surface area (Å²) in [5, 5.41) is 4.09. The number of ketones is 1. The molecule has 76 valence electrons. The van der Waals surface area contributed by atoms with Crippen molar-refractivity contribution in [3.8, 4) is 5.69 Å². The number of nitrogens with zero attached hydrogens (tertiary/aromatic N) is 2. The first kappa shape index (κ1) is 9.61. The molecule has 0 saturated heterocycles. The molecule has 0 aliphatic carbocycles. The molecule has 2 rings (SSSR count). The van der Waals surface area contributed by atoms with Crippen molar-refractivity contribution in [2.24, 2.45) is 5.73 Å². The molecule has 0 aliphatic rings. The van der Waals surface area contributed by atoms with Crippen LogP contribution in [0.25, 0.3) is 5.69 Å². The first-order valence-corrected chi connectivity index (χ1v) is 4.65. The van der Waals surface area contributed by atoms with Crippen LogP contribution in [-0.2, 0) is 0 Å². The summed E-state index contributed by atoms with van der Waals surface area (Å²) in [4.78, 5) is 11.6. The van der Waals surface area contributed by atoms with Crippen LogP contribution in [0.15, 0.2) is 42.7 Å². The molecule has 0 unspecified atom stereocenters. The van der Waals surface area contributed by atoms with E-state index in [-0.39, 0.29) is 12.3 Å². The quantitative estimate of drug-likeness (QED) is 0.754. The van der Waals surface area contributed by atoms with Gasteiger partial charge in [0.1, 0.15) is 0 Å². The highest BCUT2D eigenvalue weighted by Crippen LogP contribution is 2.13. The lowest BCUT2D eigenvalue weighted by atomic mass is 10.1. The highest BCUT2D eigenvalue weighted by molar-refractivity contribution is 6.00. The van der Waals surface area contributed by atoms with Crippen molar-refractivity contribution in [2.45, 2.75) is 0 Å². The first-order chi connectivity index (χ1) is 7.33. The number of aromatic nitrogens is 2. The van der Waals surface area contributed by atoms with Crippen LogP contribution in [0.2, 0.25) is 0 Å². The van der Waals surface area contributed by atoms with Crippen molar-refractivity contribution in [1.82, 2.24) is 9.78 Å². The largest absolute Gasteiger partial charge is 0.324 e. The Labute approximate surface area is 87.3 Å². The molecular weight excluding hydrogens is 190 g/mol. The van der Waals surface area contributed by atoms with Crippen LogP contribution in [0, 0.1) is 0 Å². The molecule has 2 N–H and O–H groups in total. The summed E-state index contributed by atoms with van der Waals surface area (Å²) in [5.41, 5.74) is 6.71. The summed E-state index contributed by atoms with van der Waals surface area (Å²) in [7, 11) is 0. The van der Waals surface area contributed by atoms with Crippen molar-refractivity contribution in [3.63, 3.8) is 0 Å². The van der Waals surface area contributed by atoms with Crippen LogP contribution < -0.4 is 5.73 Å². The van der Waals surface area contributed by atoms with E-state index < -0.39 is 0 Å². The monoisotopic (exact) mass is 201 g/mol. The third kappa shape index (κ3) is 1.80. The highest BCUT2D eigenvalue weighted by atomic mass is 16.1. The van der Waals surface area contributed by atoms with Crippen LogP contribution in [0.3, 0.4) is 0 Å². The predicted molar refractivity (Wildman–Crippen MR) is 56.9 cm³/mol. The van der Waals surface area contributed by atoms with Crippen LogP contribution in [0.1, 0.15) is 10.4 Å². The molecule has 15 heavy (non-hydrogen) atoms. The Morgan fingerprint density at radius 2 is 2.13 bits per heavy atom. The molecule has 0 bridgehead atoms. The second-order valence-electron chi connectivity index (χ2n) is 3.10. The Hall–Kier alpha value is -1.94. The van der Waals surface area contributed by atoms with Crippen molar-refractivity contribution in [2.75, 3.05) is 6.54 Å². The van der Waals surface area contributed by atoms with Crippen LogP contribution in [0.5, 0.6) is 0 Å². The Morgan fingerprint density at radius 3 is 2.80 bits per heavy atom. The molecule has 0 atom stereocenters. The van der Waals surface area contributed by atoms with Gasteiger partial charge in [-0.3, -0.25) is 4.79 Å². The second kappa shape index (κ2) is 4.06. The molecular formula is C11H11N3O. The lowest BCUT2D eigenvalue weighted by Gasteiger charge is -2.06. The number of carbonyl (C=O) groups excluding carboxylic acids is 1. The van der Waals surface area contributed by atoms with Gasteiger partial charge in [0.25, 0.3) is 0 Å². The summed E-state index contributed by atoms with van der Waals surface area (Å²) in [5.74, 6) is -0.0823. The fraction of sp³-hybridized carbons (Fsp3) is 0.0909. The van der Waals surface area contributed by atoms with E-state index in [2.05, 4.69) is 5.10 Å². The molecule has 1 aromatic carbocycles. The minimum absolute atomic E-state index is 0.0122. The Balaban J connectivity index is 2.52. The standard InChI is InChI=1S/C11H11N3O/c12-8-11(15)9-4-1-2-5-10(9)14-7-3-6-13-14/h1-7H,8,12H2. The van der Waals surface area contributed by atoms with Crippen molar-refractivity contribution in [3.05, 3.63) is 48.3 Å². The summed E-state index contributed by atoms with van der Waals surface area (Å²) >= 11 is 0. The summed E-state index contributed by atoms with van der Waals surface area (Å²) in [6, 6.07) is 9.09. The Kier molecular flexibility index (Phi) is 2.60. The van der Waals surface area contributed by atoms with E-state index in [4.69, 9.17) is 5.73 Å². The van der Waals surface area contributed by atoms with Crippen LogP contribution >= 0.6 is 0 Å². The van der Waals surface area contributed by atoms with Gasteiger partial charge in [-0.15, -0.1) is 0 Å². The topological polar surface area (TPSA) is 60.9 Å². The number of carbonyl (C=O) groups is 1. The molecule has 0 radical (unpaired) electrons. The SMILES string of the molecule is NCC(=O)c1ccccc1-n1cccn1. The number of hydrogen-bond donors (Lipinski definition) is 1. The van der Waals surface area contributed by atoms with Gasteiger partial charge in [-0.25, -0.2) is 4.68 Å². The lowest BCUT2D eigenvalue weighted by Crippen LogP contribution is -2.16. The molecule has 1 heterocycles. The average Bonchev–Trinajstić information content (AvgIpc) is 2.81. The average molecular weight is 201 g/mol.